The van der Waals surface area contributed by atoms with Crippen molar-refractivity contribution in [2.45, 2.75) is 32.9 Å². The van der Waals surface area contributed by atoms with Gasteiger partial charge < -0.3 is 14.5 Å². The zero-order valence-electron chi connectivity index (χ0n) is 17.8. The summed E-state index contributed by atoms with van der Waals surface area (Å²) in [5.41, 5.74) is 1.92. The molecule has 162 valence electrons. The van der Waals surface area contributed by atoms with Gasteiger partial charge in [0.05, 0.1) is 17.4 Å². The minimum absolute atomic E-state index is 0.0493. The SMILES string of the molecule is Cc1nc2ccccc2n1CCNC(=O)CCCn1cnc2c1c(=O)n(C)c(=O)n2C. The van der Waals surface area contributed by atoms with Crippen molar-refractivity contribution in [2.24, 2.45) is 14.1 Å². The third kappa shape index (κ3) is 3.76. The third-order valence-electron chi connectivity index (χ3n) is 5.52. The summed E-state index contributed by atoms with van der Waals surface area (Å²) in [6.45, 7) is 3.57. The van der Waals surface area contributed by atoms with Gasteiger partial charge >= 0.3 is 5.69 Å². The molecule has 3 aromatic heterocycles. The van der Waals surface area contributed by atoms with E-state index in [1.54, 1.807) is 11.6 Å². The van der Waals surface area contributed by atoms with Crippen molar-refractivity contribution < 1.29 is 4.79 Å². The van der Waals surface area contributed by atoms with E-state index in [1.165, 1.54) is 17.9 Å². The molecule has 4 rings (SSSR count). The van der Waals surface area contributed by atoms with Crippen LogP contribution in [-0.4, -0.2) is 40.7 Å². The molecular formula is C21H25N7O3. The highest BCUT2D eigenvalue weighted by Gasteiger charge is 2.14. The molecule has 10 nitrogen and oxygen atoms in total. The number of carbonyl (C=O) groups excluding carboxylic acids is 1. The fourth-order valence-electron chi connectivity index (χ4n) is 3.85. The first-order valence-corrected chi connectivity index (χ1v) is 10.2. The Morgan fingerprint density at radius 3 is 2.68 bits per heavy atom. The van der Waals surface area contributed by atoms with Gasteiger partial charge in [0, 0.05) is 40.2 Å². The molecular weight excluding hydrogens is 398 g/mol. The number of benzene rings is 1. The Labute approximate surface area is 177 Å². The third-order valence-corrected chi connectivity index (χ3v) is 5.52. The van der Waals surface area contributed by atoms with Gasteiger partial charge in [-0.15, -0.1) is 0 Å². The Kier molecular flexibility index (Phi) is 5.45. The van der Waals surface area contributed by atoms with E-state index < -0.39 is 5.69 Å². The van der Waals surface area contributed by atoms with Crippen molar-refractivity contribution >= 4 is 28.1 Å². The first-order chi connectivity index (χ1) is 14.9. The van der Waals surface area contributed by atoms with E-state index in [2.05, 4.69) is 19.9 Å². The molecule has 0 radical (unpaired) electrons. The van der Waals surface area contributed by atoms with E-state index in [1.807, 2.05) is 31.2 Å². The van der Waals surface area contributed by atoms with E-state index in [9.17, 15) is 14.4 Å². The Morgan fingerprint density at radius 2 is 1.87 bits per heavy atom. The van der Waals surface area contributed by atoms with Gasteiger partial charge in [-0.05, 0) is 25.5 Å². The quantitative estimate of drug-likeness (QED) is 0.470. The summed E-state index contributed by atoms with van der Waals surface area (Å²) in [5.74, 6) is 0.866. The van der Waals surface area contributed by atoms with Crippen LogP contribution in [0.2, 0.25) is 0 Å². The van der Waals surface area contributed by atoms with Crippen molar-refractivity contribution in [3.05, 3.63) is 57.3 Å². The second-order valence-corrected chi connectivity index (χ2v) is 7.57. The average molecular weight is 423 g/mol. The van der Waals surface area contributed by atoms with Crippen molar-refractivity contribution in [1.29, 1.82) is 0 Å². The minimum atomic E-state index is -0.414. The number of carbonyl (C=O) groups is 1. The van der Waals surface area contributed by atoms with Crippen LogP contribution in [0.4, 0.5) is 0 Å². The second-order valence-electron chi connectivity index (χ2n) is 7.57. The summed E-state index contributed by atoms with van der Waals surface area (Å²) in [6.07, 6.45) is 2.42. The molecule has 0 bridgehead atoms. The number of hydrogen-bond acceptors (Lipinski definition) is 5. The summed E-state index contributed by atoms with van der Waals surface area (Å²) < 4.78 is 6.20. The average Bonchev–Trinajstić information content (AvgIpc) is 3.32. The number of hydrogen-bond donors (Lipinski definition) is 1. The fourth-order valence-corrected chi connectivity index (χ4v) is 3.85. The van der Waals surface area contributed by atoms with E-state index >= 15 is 0 Å². The second kappa shape index (κ2) is 8.21. The first kappa shape index (κ1) is 20.6. The number of nitrogens with zero attached hydrogens (tertiary/aromatic N) is 6. The molecule has 0 spiro atoms. The maximum absolute atomic E-state index is 12.5. The molecule has 0 aliphatic heterocycles. The first-order valence-electron chi connectivity index (χ1n) is 10.2. The number of imidazole rings is 2. The lowest BCUT2D eigenvalue weighted by Crippen LogP contribution is -2.37. The molecule has 1 N–H and O–H groups in total. The van der Waals surface area contributed by atoms with E-state index in [0.29, 0.717) is 43.6 Å². The Bertz CT molecular complexity index is 1390. The van der Waals surface area contributed by atoms with Crippen LogP contribution < -0.4 is 16.6 Å². The van der Waals surface area contributed by atoms with Gasteiger partial charge in [0.25, 0.3) is 5.56 Å². The molecule has 4 aromatic rings. The van der Waals surface area contributed by atoms with Gasteiger partial charge in [0.2, 0.25) is 5.91 Å². The summed E-state index contributed by atoms with van der Waals surface area (Å²) in [4.78, 5) is 45.5. The molecule has 0 unspecified atom stereocenters. The zero-order chi connectivity index (χ0) is 22.1. The molecule has 31 heavy (non-hydrogen) atoms. The van der Waals surface area contributed by atoms with Crippen LogP contribution in [0.5, 0.6) is 0 Å². The van der Waals surface area contributed by atoms with E-state index in [4.69, 9.17) is 0 Å². The van der Waals surface area contributed by atoms with Crippen LogP contribution in [-0.2, 0) is 32.0 Å². The minimum Gasteiger partial charge on any atom is -0.354 e. The molecule has 0 aliphatic carbocycles. The molecule has 0 fully saturated rings. The lowest BCUT2D eigenvalue weighted by atomic mass is 10.3. The van der Waals surface area contributed by atoms with Crippen molar-refractivity contribution in [3.8, 4) is 0 Å². The molecule has 0 saturated heterocycles. The van der Waals surface area contributed by atoms with Gasteiger partial charge in [-0.1, -0.05) is 12.1 Å². The van der Waals surface area contributed by atoms with Gasteiger partial charge in [-0.2, -0.15) is 0 Å². The fraction of sp³-hybridized carbons (Fsp3) is 0.381. The van der Waals surface area contributed by atoms with Crippen LogP contribution in [0.1, 0.15) is 18.7 Å². The number of amides is 1. The van der Waals surface area contributed by atoms with E-state index in [0.717, 1.165) is 21.4 Å². The molecule has 3 heterocycles. The maximum Gasteiger partial charge on any atom is 0.332 e. The van der Waals surface area contributed by atoms with Crippen LogP contribution in [0.15, 0.2) is 40.2 Å². The largest absolute Gasteiger partial charge is 0.354 e. The lowest BCUT2D eigenvalue weighted by molar-refractivity contribution is -0.121. The predicted molar refractivity (Wildman–Crippen MR) is 117 cm³/mol. The summed E-state index contributed by atoms with van der Waals surface area (Å²) in [5, 5.41) is 2.94. The monoisotopic (exact) mass is 423 g/mol. The highest BCUT2D eigenvalue weighted by atomic mass is 16.2. The topological polar surface area (TPSA) is 109 Å². The summed E-state index contributed by atoms with van der Waals surface area (Å²) in [6, 6.07) is 7.93. The van der Waals surface area contributed by atoms with Crippen LogP contribution in [0, 0.1) is 6.92 Å². The summed E-state index contributed by atoms with van der Waals surface area (Å²) in [7, 11) is 3.03. The van der Waals surface area contributed by atoms with Crippen molar-refractivity contribution in [3.63, 3.8) is 0 Å². The molecule has 1 aromatic carbocycles. The molecule has 10 heteroatoms. The maximum atomic E-state index is 12.5. The summed E-state index contributed by atoms with van der Waals surface area (Å²) >= 11 is 0. The normalized spacial score (nSPS) is 11.5. The van der Waals surface area contributed by atoms with E-state index in [-0.39, 0.29) is 11.5 Å². The molecule has 0 atom stereocenters. The smallest absolute Gasteiger partial charge is 0.332 e. The van der Waals surface area contributed by atoms with Gasteiger partial charge in [0.1, 0.15) is 5.82 Å². The molecule has 0 saturated carbocycles. The van der Waals surface area contributed by atoms with Crippen molar-refractivity contribution in [2.75, 3.05) is 6.54 Å². The Hall–Kier alpha value is -3.69. The standard InChI is InChI=1S/C21H25N7O3/c1-14-24-15-7-4-5-8-16(15)28(14)12-10-22-17(29)9-6-11-27-13-23-19-18(27)20(30)26(3)21(31)25(19)2/h4-5,7-8,13H,6,9-12H2,1-3H3,(H,22,29). The number of para-hydroxylation sites is 2. The van der Waals surface area contributed by atoms with Crippen LogP contribution >= 0.6 is 0 Å². The number of aryl methyl sites for hydroxylation is 3. The Balaban J connectivity index is 1.33. The number of nitrogens with one attached hydrogen (secondary N) is 1. The highest BCUT2D eigenvalue weighted by Crippen LogP contribution is 2.14. The van der Waals surface area contributed by atoms with Gasteiger partial charge in [0.15, 0.2) is 11.2 Å². The van der Waals surface area contributed by atoms with Gasteiger partial charge in [-0.25, -0.2) is 14.8 Å². The highest BCUT2D eigenvalue weighted by molar-refractivity contribution is 5.77. The molecule has 1 amide bonds. The number of rotatable bonds is 7. The number of aromatic nitrogens is 6. The van der Waals surface area contributed by atoms with Crippen molar-refractivity contribution in [1.82, 2.24) is 33.6 Å². The number of fused-ring (bicyclic) bond motifs is 2. The van der Waals surface area contributed by atoms with Crippen LogP contribution in [0.25, 0.3) is 22.2 Å². The Morgan fingerprint density at radius 1 is 1.10 bits per heavy atom. The lowest BCUT2D eigenvalue weighted by Gasteiger charge is -2.09. The van der Waals surface area contributed by atoms with Crippen LogP contribution in [0.3, 0.4) is 0 Å². The predicted octanol–water partition coefficient (Wildman–Crippen LogP) is 0.688. The zero-order valence-corrected chi connectivity index (χ0v) is 17.8. The van der Waals surface area contributed by atoms with Gasteiger partial charge in [-0.3, -0.25) is 18.7 Å². The molecule has 0 aliphatic rings.